The van der Waals surface area contributed by atoms with Gasteiger partial charge in [-0.05, 0) is 43.5 Å². The Morgan fingerprint density at radius 1 is 1.40 bits per heavy atom. The smallest absolute Gasteiger partial charge is 0.226 e. The predicted molar refractivity (Wildman–Crippen MR) is 80.8 cm³/mol. The molecule has 1 fully saturated rings. The molecule has 1 aromatic heterocycles. The zero-order valence-corrected chi connectivity index (χ0v) is 11.8. The zero-order valence-electron chi connectivity index (χ0n) is 11.0. The summed E-state index contributed by atoms with van der Waals surface area (Å²) in [6.07, 6.45) is 4.99. The molecule has 1 aromatic carbocycles. The van der Waals surface area contributed by atoms with Gasteiger partial charge in [-0.25, -0.2) is 0 Å². The molecular formula is C15H16ClN3O. The molecule has 1 heterocycles. The van der Waals surface area contributed by atoms with Crippen molar-refractivity contribution in [3.05, 3.63) is 35.5 Å². The number of hydrogen-bond donors (Lipinski definition) is 2. The molecule has 0 unspecified atom stereocenters. The number of anilines is 1. The maximum atomic E-state index is 12.1. The fourth-order valence-corrected chi connectivity index (χ4v) is 2.78. The normalized spacial score (nSPS) is 16.7. The van der Waals surface area contributed by atoms with Gasteiger partial charge in [0, 0.05) is 23.5 Å². The SMILES string of the molecule is NC1(CC(=O)Nc2ccc(Cl)c3ncccc23)CCC1. The van der Waals surface area contributed by atoms with E-state index in [4.69, 9.17) is 17.3 Å². The highest BCUT2D eigenvalue weighted by molar-refractivity contribution is 6.35. The van der Waals surface area contributed by atoms with Crippen LogP contribution in [0.15, 0.2) is 30.5 Å². The maximum absolute atomic E-state index is 12.1. The summed E-state index contributed by atoms with van der Waals surface area (Å²) >= 11 is 6.11. The van der Waals surface area contributed by atoms with E-state index >= 15 is 0 Å². The minimum Gasteiger partial charge on any atom is -0.325 e. The Kier molecular flexibility index (Phi) is 3.36. The summed E-state index contributed by atoms with van der Waals surface area (Å²) < 4.78 is 0. The highest BCUT2D eigenvalue weighted by atomic mass is 35.5. The first-order valence-electron chi connectivity index (χ1n) is 6.69. The van der Waals surface area contributed by atoms with Gasteiger partial charge in [-0.1, -0.05) is 11.6 Å². The van der Waals surface area contributed by atoms with Crippen molar-refractivity contribution in [1.29, 1.82) is 0 Å². The van der Waals surface area contributed by atoms with Gasteiger partial charge in [-0.15, -0.1) is 0 Å². The molecule has 0 radical (unpaired) electrons. The van der Waals surface area contributed by atoms with Gasteiger partial charge < -0.3 is 11.1 Å². The molecule has 20 heavy (non-hydrogen) atoms. The molecule has 1 aliphatic rings. The number of nitrogens with one attached hydrogen (secondary N) is 1. The number of aromatic nitrogens is 1. The molecule has 5 heteroatoms. The van der Waals surface area contributed by atoms with Gasteiger partial charge in [-0.3, -0.25) is 9.78 Å². The number of nitrogens with zero attached hydrogens (tertiary/aromatic N) is 1. The van der Waals surface area contributed by atoms with Gasteiger partial charge in [0.25, 0.3) is 0 Å². The highest BCUT2D eigenvalue weighted by Gasteiger charge is 2.34. The molecule has 3 N–H and O–H groups in total. The lowest BCUT2D eigenvalue weighted by molar-refractivity contribution is -0.118. The standard InChI is InChI=1S/C15H16ClN3O/c16-11-4-5-12(10-3-1-8-18-14(10)11)19-13(20)9-15(17)6-2-7-15/h1,3-5,8H,2,6-7,9,17H2,(H,19,20). The van der Waals surface area contributed by atoms with E-state index in [1.165, 1.54) is 0 Å². The van der Waals surface area contributed by atoms with E-state index in [2.05, 4.69) is 10.3 Å². The first-order valence-corrected chi connectivity index (χ1v) is 7.07. The topological polar surface area (TPSA) is 68.0 Å². The number of halogens is 1. The van der Waals surface area contributed by atoms with E-state index in [9.17, 15) is 4.79 Å². The van der Waals surface area contributed by atoms with E-state index in [-0.39, 0.29) is 11.4 Å². The molecule has 2 aromatic rings. The van der Waals surface area contributed by atoms with Crippen LogP contribution in [-0.4, -0.2) is 16.4 Å². The number of benzene rings is 1. The third kappa shape index (κ3) is 2.49. The first kappa shape index (κ1) is 13.3. The summed E-state index contributed by atoms with van der Waals surface area (Å²) in [5, 5.41) is 4.34. The Labute approximate surface area is 122 Å². The summed E-state index contributed by atoms with van der Waals surface area (Å²) in [5.41, 5.74) is 7.20. The molecule has 1 aliphatic carbocycles. The minimum atomic E-state index is -0.315. The van der Waals surface area contributed by atoms with E-state index < -0.39 is 0 Å². The third-order valence-electron chi connectivity index (χ3n) is 3.86. The van der Waals surface area contributed by atoms with Crippen molar-refractivity contribution >= 4 is 34.1 Å². The Morgan fingerprint density at radius 2 is 2.20 bits per heavy atom. The molecule has 3 rings (SSSR count). The van der Waals surface area contributed by atoms with Gasteiger partial charge in [-0.2, -0.15) is 0 Å². The van der Waals surface area contributed by atoms with Crippen LogP contribution in [0.25, 0.3) is 10.9 Å². The third-order valence-corrected chi connectivity index (χ3v) is 4.16. The maximum Gasteiger partial charge on any atom is 0.226 e. The quantitative estimate of drug-likeness (QED) is 0.912. The molecule has 1 saturated carbocycles. The van der Waals surface area contributed by atoms with Gasteiger partial charge in [0.15, 0.2) is 0 Å². The largest absolute Gasteiger partial charge is 0.325 e. The van der Waals surface area contributed by atoms with Crippen LogP contribution in [0.2, 0.25) is 5.02 Å². The summed E-state index contributed by atoms with van der Waals surface area (Å²) in [5.74, 6) is -0.0559. The Hall–Kier alpha value is -1.65. The molecule has 0 bridgehead atoms. The van der Waals surface area contributed by atoms with Crippen LogP contribution in [0, 0.1) is 0 Å². The second-order valence-electron chi connectivity index (χ2n) is 5.44. The number of fused-ring (bicyclic) bond motifs is 1. The predicted octanol–water partition coefficient (Wildman–Crippen LogP) is 3.10. The lowest BCUT2D eigenvalue weighted by Gasteiger charge is -2.37. The molecular weight excluding hydrogens is 274 g/mol. The van der Waals surface area contributed by atoms with Gasteiger partial charge in [0.05, 0.1) is 16.2 Å². The Bertz CT molecular complexity index is 667. The number of rotatable bonds is 3. The van der Waals surface area contributed by atoms with E-state index in [1.54, 1.807) is 18.3 Å². The summed E-state index contributed by atoms with van der Waals surface area (Å²) in [7, 11) is 0. The number of nitrogens with two attached hydrogens (primary N) is 1. The molecule has 0 atom stereocenters. The Morgan fingerprint density at radius 3 is 2.90 bits per heavy atom. The van der Waals surface area contributed by atoms with Crippen molar-refractivity contribution < 1.29 is 4.79 Å². The van der Waals surface area contributed by atoms with Crippen molar-refractivity contribution in [2.24, 2.45) is 5.73 Å². The van der Waals surface area contributed by atoms with Crippen LogP contribution in [0.4, 0.5) is 5.69 Å². The van der Waals surface area contributed by atoms with E-state index in [0.717, 1.165) is 30.3 Å². The molecule has 104 valence electrons. The monoisotopic (exact) mass is 289 g/mol. The fraction of sp³-hybridized carbons (Fsp3) is 0.333. The average Bonchev–Trinajstić information content (AvgIpc) is 2.40. The number of hydrogen-bond acceptors (Lipinski definition) is 3. The molecule has 1 amide bonds. The summed E-state index contributed by atoms with van der Waals surface area (Å²) in [6, 6.07) is 7.26. The number of amides is 1. The van der Waals surface area contributed by atoms with Gasteiger partial charge >= 0.3 is 0 Å². The molecule has 4 nitrogen and oxygen atoms in total. The van der Waals surface area contributed by atoms with Crippen LogP contribution in [0.5, 0.6) is 0 Å². The second-order valence-corrected chi connectivity index (χ2v) is 5.84. The van der Waals surface area contributed by atoms with E-state index in [1.807, 2.05) is 12.1 Å². The van der Waals surface area contributed by atoms with Gasteiger partial charge in [0.1, 0.15) is 0 Å². The van der Waals surface area contributed by atoms with Crippen LogP contribution < -0.4 is 11.1 Å². The summed E-state index contributed by atoms with van der Waals surface area (Å²) in [4.78, 5) is 16.3. The molecule has 0 saturated heterocycles. The van der Waals surface area contributed by atoms with Crippen molar-refractivity contribution in [3.63, 3.8) is 0 Å². The molecule has 0 spiro atoms. The first-order chi connectivity index (χ1) is 9.57. The summed E-state index contributed by atoms with van der Waals surface area (Å²) in [6.45, 7) is 0. The number of pyridine rings is 1. The van der Waals surface area contributed by atoms with Crippen molar-refractivity contribution in [2.45, 2.75) is 31.2 Å². The van der Waals surface area contributed by atoms with Crippen LogP contribution in [0.1, 0.15) is 25.7 Å². The molecule has 0 aliphatic heterocycles. The van der Waals surface area contributed by atoms with Crippen LogP contribution in [0.3, 0.4) is 0 Å². The lowest BCUT2D eigenvalue weighted by atomic mass is 9.75. The van der Waals surface area contributed by atoms with Gasteiger partial charge in [0.2, 0.25) is 5.91 Å². The minimum absolute atomic E-state index is 0.0559. The van der Waals surface area contributed by atoms with Crippen molar-refractivity contribution in [2.75, 3.05) is 5.32 Å². The fourth-order valence-electron chi connectivity index (χ4n) is 2.57. The van der Waals surface area contributed by atoms with Crippen molar-refractivity contribution in [3.8, 4) is 0 Å². The van der Waals surface area contributed by atoms with E-state index in [0.29, 0.717) is 17.0 Å². The lowest BCUT2D eigenvalue weighted by Crippen LogP contribution is -2.48. The van der Waals surface area contributed by atoms with Crippen molar-refractivity contribution in [1.82, 2.24) is 4.98 Å². The second kappa shape index (κ2) is 5.04. The Balaban J connectivity index is 1.84. The average molecular weight is 290 g/mol. The zero-order chi connectivity index (χ0) is 14.2. The number of carbonyl (C=O) groups is 1. The number of carbonyl (C=O) groups excluding carboxylic acids is 1. The highest BCUT2D eigenvalue weighted by Crippen LogP contribution is 2.33. The van der Waals surface area contributed by atoms with Crippen LogP contribution in [-0.2, 0) is 4.79 Å². The van der Waals surface area contributed by atoms with Crippen LogP contribution >= 0.6 is 11.6 Å².